The lowest BCUT2D eigenvalue weighted by molar-refractivity contribution is -0.149. The second kappa shape index (κ2) is 8.61. The molecule has 158 valence electrons. The SMILES string of the molecule is COC(=O)[C@H]1C(=O)C=C(Nc2cccc(C(F)(F)F)c2)C[C@@H]1c1ccc(OC)cc1. The highest BCUT2D eigenvalue weighted by molar-refractivity contribution is 6.07. The molecule has 0 aromatic heterocycles. The van der Waals surface area contributed by atoms with E-state index in [2.05, 4.69) is 5.32 Å². The van der Waals surface area contributed by atoms with Crippen molar-refractivity contribution in [3.63, 3.8) is 0 Å². The molecule has 0 amide bonds. The van der Waals surface area contributed by atoms with Crippen molar-refractivity contribution in [1.82, 2.24) is 0 Å². The highest BCUT2D eigenvalue weighted by Crippen LogP contribution is 2.38. The summed E-state index contributed by atoms with van der Waals surface area (Å²) in [6.45, 7) is 0. The highest BCUT2D eigenvalue weighted by atomic mass is 19.4. The Morgan fingerprint density at radius 3 is 2.40 bits per heavy atom. The molecule has 5 nitrogen and oxygen atoms in total. The Kier molecular flexibility index (Phi) is 6.14. The fourth-order valence-electron chi connectivity index (χ4n) is 3.49. The molecule has 0 aliphatic heterocycles. The summed E-state index contributed by atoms with van der Waals surface area (Å²) in [6, 6.07) is 11.6. The summed E-state index contributed by atoms with van der Waals surface area (Å²) in [5, 5.41) is 2.89. The number of hydrogen-bond donors (Lipinski definition) is 1. The fourth-order valence-corrected chi connectivity index (χ4v) is 3.49. The maximum absolute atomic E-state index is 13.0. The topological polar surface area (TPSA) is 64.6 Å². The van der Waals surface area contributed by atoms with Crippen LogP contribution in [0.4, 0.5) is 18.9 Å². The Balaban J connectivity index is 1.91. The van der Waals surface area contributed by atoms with E-state index in [0.717, 1.165) is 17.7 Å². The number of alkyl halides is 3. The van der Waals surface area contributed by atoms with Gasteiger partial charge in [-0.2, -0.15) is 13.2 Å². The number of carbonyl (C=O) groups excluding carboxylic acids is 2. The predicted molar refractivity (Wildman–Crippen MR) is 104 cm³/mol. The van der Waals surface area contributed by atoms with Crippen LogP contribution >= 0.6 is 0 Å². The number of ketones is 1. The highest BCUT2D eigenvalue weighted by Gasteiger charge is 2.39. The van der Waals surface area contributed by atoms with Gasteiger partial charge in [0.1, 0.15) is 11.7 Å². The Morgan fingerprint density at radius 1 is 1.10 bits per heavy atom. The molecule has 2 aromatic carbocycles. The minimum Gasteiger partial charge on any atom is -0.497 e. The van der Waals surface area contributed by atoms with Crippen LogP contribution < -0.4 is 10.1 Å². The van der Waals surface area contributed by atoms with E-state index < -0.39 is 35.3 Å². The summed E-state index contributed by atoms with van der Waals surface area (Å²) in [4.78, 5) is 25.0. The summed E-state index contributed by atoms with van der Waals surface area (Å²) < 4.78 is 48.9. The lowest BCUT2D eigenvalue weighted by Gasteiger charge is -2.29. The van der Waals surface area contributed by atoms with E-state index in [0.29, 0.717) is 11.4 Å². The quantitative estimate of drug-likeness (QED) is 0.569. The molecule has 0 saturated heterocycles. The average molecular weight is 419 g/mol. The van der Waals surface area contributed by atoms with Crippen LogP contribution in [-0.4, -0.2) is 26.0 Å². The second-order valence-corrected chi connectivity index (χ2v) is 6.86. The lowest BCUT2D eigenvalue weighted by Crippen LogP contribution is -2.34. The summed E-state index contributed by atoms with van der Waals surface area (Å²) >= 11 is 0. The van der Waals surface area contributed by atoms with Crippen molar-refractivity contribution in [2.45, 2.75) is 18.5 Å². The van der Waals surface area contributed by atoms with E-state index in [1.807, 2.05) is 0 Å². The number of rotatable bonds is 5. The van der Waals surface area contributed by atoms with E-state index in [4.69, 9.17) is 9.47 Å². The number of carbonyl (C=O) groups is 2. The number of nitrogens with one attached hydrogen (secondary N) is 1. The molecule has 8 heteroatoms. The van der Waals surface area contributed by atoms with Crippen LogP contribution in [0.2, 0.25) is 0 Å². The molecular formula is C22H20F3NO4. The summed E-state index contributed by atoms with van der Waals surface area (Å²) in [6.07, 6.45) is -2.98. The number of esters is 1. The van der Waals surface area contributed by atoms with Crippen molar-refractivity contribution in [3.8, 4) is 5.75 Å². The molecule has 1 aliphatic carbocycles. The average Bonchev–Trinajstić information content (AvgIpc) is 2.72. The molecule has 0 saturated carbocycles. The molecule has 0 radical (unpaired) electrons. The van der Waals surface area contributed by atoms with E-state index in [9.17, 15) is 22.8 Å². The third kappa shape index (κ3) is 4.64. The van der Waals surface area contributed by atoms with Crippen LogP contribution in [0.1, 0.15) is 23.5 Å². The second-order valence-electron chi connectivity index (χ2n) is 6.86. The fraction of sp³-hybridized carbons (Fsp3) is 0.273. The van der Waals surface area contributed by atoms with Gasteiger partial charge < -0.3 is 14.8 Å². The third-order valence-electron chi connectivity index (χ3n) is 4.96. The first-order chi connectivity index (χ1) is 14.2. The first-order valence-corrected chi connectivity index (χ1v) is 9.13. The maximum atomic E-state index is 13.0. The van der Waals surface area contributed by atoms with Gasteiger partial charge in [0, 0.05) is 23.4 Å². The first kappa shape index (κ1) is 21.4. The van der Waals surface area contributed by atoms with E-state index in [1.165, 1.54) is 32.4 Å². The Bertz CT molecular complexity index is 967. The van der Waals surface area contributed by atoms with Gasteiger partial charge in [0.2, 0.25) is 0 Å². The monoisotopic (exact) mass is 419 g/mol. The minimum absolute atomic E-state index is 0.203. The van der Waals surface area contributed by atoms with Gasteiger partial charge in [-0.1, -0.05) is 18.2 Å². The van der Waals surface area contributed by atoms with Gasteiger partial charge in [0.25, 0.3) is 0 Å². The Labute approximate surface area is 171 Å². The number of hydrogen-bond acceptors (Lipinski definition) is 5. The third-order valence-corrected chi connectivity index (χ3v) is 4.96. The van der Waals surface area contributed by atoms with Gasteiger partial charge in [-0.15, -0.1) is 0 Å². The van der Waals surface area contributed by atoms with Crippen molar-refractivity contribution < 1.29 is 32.2 Å². The number of anilines is 1. The molecule has 0 heterocycles. The normalized spacial score (nSPS) is 19.1. The number of benzene rings is 2. The van der Waals surface area contributed by atoms with Crippen LogP contribution in [-0.2, 0) is 20.5 Å². The number of methoxy groups -OCH3 is 2. The molecule has 0 spiro atoms. The number of ether oxygens (including phenoxy) is 2. The lowest BCUT2D eigenvalue weighted by atomic mass is 9.76. The smallest absolute Gasteiger partial charge is 0.416 e. The molecule has 30 heavy (non-hydrogen) atoms. The van der Waals surface area contributed by atoms with Crippen molar-refractivity contribution in [3.05, 3.63) is 71.4 Å². The van der Waals surface area contributed by atoms with Gasteiger partial charge in [0.05, 0.1) is 19.8 Å². The largest absolute Gasteiger partial charge is 0.497 e. The molecule has 1 aliphatic rings. The van der Waals surface area contributed by atoms with Crippen LogP contribution in [0.5, 0.6) is 5.75 Å². The van der Waals surface area contributed by atoms with Crippen LogP contribution in [0.3, 0.4) is 0 Å². The molecule has 3 rings (SSSR count). The molecule has 2 atom stereocenters. The van der Waals surface area contributed by atoms with Crippen molar-refractivity contribution in [1.29, 1.82) is 0 Å². The molecular weight excluding hydrogens is 399 g/mol. The van der Waals surface area contributed by atoms with E-state index >= 15 is 0 Å². The molecule has 2 aromatic rings. The van der Waals surface area contributed by atoms with E-state index in [1.54, 1.807) is 24.3 Å². The molecule has 0 bridgehead atoms. The van der Waals surface area contributed by atoms with Gasteiger partial charge in [-0.25, -0.2) is 0 Å². The Morgan fingerprint density at radius 2 is 1.80 bits per heavy atom. The molecule has 0 fully saturated rings. The minimum atomic E-state index is -4.48. The first-order valence-electron chi connectivity index (χ1n) is 9.13. The van der Waals surface area contributed by atoms with Crippen molar-refractivity contribution in [2.75, 3.05) is 19.5 Å². The van der Waals surface area contributed by atoms with Crippen LogP contribution in [0, 0.1) is 5.92 Å². The van der Waals surface area contributed by atoms with E-state index in [-0.39, 0.29) is 12.1 Å². The predicted octanol–water partition coefficient (Wildman–Crippen LogP) is 4.56. The Hall–Kier alpha value is -3.29. The van der Waals surface area contributed by atoms with Crippen molar-refractivity contribution >= 4 is 17.4 Å². The van der Waals surface area contributed by atoms with Gasteiger partial charge in [0.15, 0.2) is 5.78 Å². The number of halogens is 3. The van der Waals surface area contributed by atoms with Gasteiger partial charge in [-0.3, -0.25) is 9.59 Å². The molecule has 0 unspecified atom stereocenters. The molecule has 1 N–H and O–H groups in total. The van der Waals surface area contributed by atoms with Gasteiger partial charge in [-0.05, 0) is 42.3 Å². The summed E-state index contributed by atoms with van der Waals surface area (Å²) in [5.74, 6) is -2.07. The van der Waals surface area contributed by atoms with Gasteiger partial charge >= 0.3 is 12.1 Å². The number of allylic oxidation sites excluding steroid dienone is 2. The standard InChI is InChI=1S/C22H20F3NO4/c1-29-17-8-6-13(7-9-17)18-11-16(12-19(27)20(18)21(28)30-2)26-15-5-3-4-14(10-15)22(23,24)25/h3-10,12,18,20,26H,11H2,1-2H3/t18-,20-/m1/s1. The summed E-state index contributed by atoms with van der Waals surface area (Å²) in [7, 11) is 2.73. The zero-order chi connectivity index (χ0) is 21.9. The van der Waals surface area contributed by atoms with Crippen LogP contribution in [0.15, 0.2) is 60.3 Å². The summed E-state index contributed by atoms with van der Waals surface area (Å²) in [5.41, 5.74) is 0.541. The zero-order valence-electron chi connectivity index (χ0n) is 16.3. The maximum Gasteiger partial charge on any atom is 0.416 e. The van der Waals surface area contributed by atoms with Crippen molar-refractivity contribution in [2.24, 2.45) is 5.92 Å². The van der Waals surface area contributed by atoms with Crippen LogP contribution in [0.25, 0.3) is 0 Å². The zero-order valence-corrected chi connectivity index (χ0v) is 16.3.